The third-order valence-corrected chi connectivity index (χ3v) is 2.09. The van der Waals surface area contributed by atoms with E-state index >= 15 is 0 Å². The Bertz CT molecular complexity index is 524. The lowest BCUT2D eigenvalue weighted by molar-refractivity contribution is 0.521. The fourth-order valence-corrected chi connectivity index (χ4v) is 1.34. The molecule has 0 bridgehead atoms. The number of benzene rings is 1. The van der Waals surface area contributed by atoms with Crippen molar-refractivity contribution in [3.05, 3.63) is 48.0 Å². The lowest BCUT2D eigenvalue weighted by atomic mass is 10.2. The summed E-state index contributed by atoms with van der Waals surface area (Å²) in [4.78, 5) is 13.3. The molecule has 0 amide bonds. The maximum absolute atomic E-state index is 12.7. The minimum absolute atomic E-state index is 0.171. The van der Waals surface area contributed by atoms with Crippen LogP contribution in [0.3, 0.4) is 0 Å². The van der Waals surface area contributed by atoms with Crippen LogP contribution in [0, 0.1) is 5.82 Å². The maximum Gasteiger partial charge on any atom is 0.235 e. The standard InChI is InChI=1S/C12H8FNO2/c13-10-3-1-9(2-4-10)12-6-5-11(16-12)7-14-8-15/h1-6H,7H2. The summed E-state index contributed by atoms with van der Waals surface area (Å²) < 4.78 is 18.1. The summed E-state index contributed by atoms with van der Waals surface area (Å²) in [6, 6.07) is 9.45. The van der Waals surface area contributed by atoms with Gasteiger partial charge in [-0.25, -0.2) is 9.18 Å². The largest absolute Gasteiger partial charge is 0.459 e. The van der Waals surface area contributed by atoms with Crippen molar-refractivity contribution < 1.29 is 13.6 Å². The molecule has 0 aliphatic rings. The molecule has 3 nitrogen and oxygen atoms in total. The first-order valence-corrected chi connectivity index (χ1v) is 4.68. The van der Waals surface area contributed by atoms with Gasteiger partial charge in [0.2, 0.25) is 6.08 Å². The molecule has 2 rings (SSSR count). The highest BCUT2D eigenvalue weighted by Gasteiger charge is 2.04. The first kappa shape index (κ1) is 10.3. The van der Waals surface area contributed by atoms with Crippen LogP contribution >= 0.6 is 0 Å². The Kier molecular flexibility index (Phi) is 2.94. The smallest absolute Gasteiger partial charge is 0.235 e. The molecule has 0 aliphatic heterocycles. The number of hydrogen-bond acceptors (Lipinski definition) is 3. The molecule has 1 aromatic carbocycles. The normalized spacial score (nSPS) is 9.81. The molecular formula is C12H8FNO2. The van der Waals surface area contributed by atoms with Gasteiger partial charge in [-0.1, -0.05) is 0 Å². The van der Waals surface area contributed by atoms with Gasteiger partial charge in [0.05, 0.1) is 0 Å². The van der Waals surface area contributed by atoms with E-state index in [1.807, 2.05) is 0 Å². The van der Waals surface area contributed by atoms with Gasteiger partial charge in [-0.2, -0.15) is 4.99 Å². The van der Waals surface area contributed by atoms with E-state index in [2.05, 4.69) is 4.99 Å². The number of furan rings is 1. The highest BCUT2D eigenvalue weighted by molar-refractivity contribution is 5.57. The SMILES string of the molecule is O=C=NCc1ccc(-c2ccc(F)cc2)o1. The van der Waals surface area contributed by atoms with Crippen LogP contribution in [-0.2, 0) is 11.3 Å². The van der Waals surface area contributed by atoms with E-state index in [-0.39, 0.29) is 12.4 Å². The predicted octanol–water partition coefficient (Wildman–Crippen LogP) is 2.92. The van der Waals surface area contributed by atoms with E-state index < -0.39 is 0 Å². The Labute approximate surface area is 91.2 Å². The minimum atomic E-state index is -0.291. The van der Waals surface area contributed by atoms with Gasteiger partial charge >= 0.3 is 0 Å². The monoisotopic (exact) mass is 217 g/mol. The molecule has 0 spiro atoms. The molecule has 0 saturated heterocycles. The molecule has 0 radical (unpaired) electrons. The van der Waals surface area contributed by atoms with E-state index in [0.29, 0.717) is 11.5 Å². The van der Waals surface area contributed by atoms with Crippen LogP contribution in [0.1, 0.15) is 5.76 Å². The van der Waals surface area contributed by atoms with Crippen molar-refractivity contribution in [1.29, 1.82) is 0 Å². The van der Waals surface area contributed by atoms with Crippen molar-refractivity contribution in [1.82, 2.24) is 0 Å². The van der Waals surface area contributed by atoms with E-state index in [9.17, 15) is 9.18 Å². The number of nitrogens with zero attached hydrogens (tertiary/aromatic N) is 1. The summed E-state index contributed by atoms with van der Waals surface area (Å²) in [6.07, 6.45) is 1.44. The second kappa shape index (κ2) is 4.55. The average molecular weight is 217 g/mol. The van der Waals surface area contributed by atoms with Gasteiger partial charge in [0, 0.05) is 5.56 Å². The average Bonchev–Trinajstić information content (AvgIpc) is 2.76. The Morgan fingerprint density at radius 3 is 2.62 bits per heavy atom. The molecule has 1 heterocycles. The van der Waals surface area contributed by atoms with Crippen molar-refractivity contribution in [2.45, 2.75) is 6.54 Å². The topological polar surface area (TPSA) is 42.6 Å². The molecule has 4 heteroatoms. The maximum atomic E-state index is 12.7. The molecule has 0 unspecified atom stereocenters. The molecule has 0 saturated carbocycles. The highest BCUT2D eigenvalue weighted by atomic mass is 19.1. The number of aliphatic imine (C=N–C) groups is 1. The van der Waals surface area contributed by atoms with Crippen LogP contribution in [0.2, 0.25) is 0 Å². The zero-order valence-corrected chi connectivity index (χ0v) is 8.31. The summed E-state index contributed by atoms with van der Waals surface area (Å²) >= 11 is 0. The van der Waals surface area contributed by atoms with Crippen molar-refractivity contribution in [3.63, 3.8) is 0 Å². The Hall–Kier alpha value is -2.19. The first-order valence-electron chi connectivity index (χ1n) is 4.68. The fraction of sp³-hybridized carbons (Fsp3) is 0.0833. The zero-order valence-electron chi connectivity index (χ0n) is 8.31. The van der Waals surface area contributed by atoms with Gasteiger partial charge in [-0.05, 0) is 36.4 Å². The summed E-state index contributed by atoms with van der Waals surface area (Å²) in [6.45, 7) is 0.171. The lowest BCUT2D eigenvalue weighted by Gasteiger charge is -1.95. The highest BCUT2D eigenvalue weighted by Crippen LogP contribution is 2.22. The quantitative estimate of drug-likeness (QED) is 0.586. The molecule has 0 fully saturated rings. The summed E-state index contributed by atoms with van der Waals surface area (Å²) in [5, 5.41) is 0. The molecule has 1 aromatic heterocycles. The Morgan fingerprint density at radius 1 is 1.19 bits per heavy atom. The zero-order chi connectivity index (χ0) is 11.4. The van der Waals surface area contributed by atoms with E-state index in [0.717, 1.165) is 5.56 Å². The Morgan fingerprint density at radius 2 is 1.94 bits per heavy atom. The number of isocyanates is 1. The van der Waals surface area contributed by atoms with Gasteiger partial charge in [0.15, 0.2) is 0 Å². The third-order valence-electron chi connectivity index (χ3n) is 2.09. The van der Waals surface area contributed by atoms with Crippen molar-refractivity contribution in [2.75, 3.05) is 0 Å². The second-order valence-corrected chi connectivity index (χ2v) is 3.18. The number of carbonyl (C=O) groups excluding carboxylic acids is 1. The van der Waals surface area contributed by atoms with E-state index in [4.69, 9.17) is 4.42 Å². The summed E-state index contributed by atoms with van der Waals surface area (Å²) in [5.41, 5.74) is 0.780. The van der Waals surface area contributed by atoms with E-state index in [1.54, 1.807) is 24.3 Å². The van der Waals surface area contributed by atoms with Gasteiger partial charge in [0.25, 0.3) is 0 Å². The third kappa shape index (κ3) is 2.24. The molecular weight excluding hydrogens is 209 g/mol. The van der Waals surface area contributed by atoms with Crippen molar-refractivity contribution in [3.8, 4) is 11.3 Å². The Balaban J connectivity index is 2.24. The molecule has 0 N–H and O–H groups in total. The van der Waals surface area contributed by atoms with Gasteiger partial charge in [-0.3, -0.25) is 0 Å². The van der Waals surface area contributed by atoms with Crippen molar-refractivity contribution >= 4 is 6.08 Å². The predicted molar refractivity (Wildman–Crippen MR) is 55.9 cm³/mol. The van der Waals surface area contributed by atoms with Crippen LogP contribution in [0.5, 0.6) is 0 Å². The van der Waals surface area contributed by atoms with Gasteiger partial charge < -0.3 is 4.42 Å². The minimum Gasteiger partial charge on any atom is -0.459 e. The molecule has 16 heavy (non-hydrogen) atoms. The van der Waals surface area contributed by atoms with Crippen LogP contribution in [0.15, 0.2) is 45.8 Å². The van der Waals surface area contributed by atoms with Crippen LogP contribution in [0.4, 0.5) is 4.39 Å². The fourth-order valence-electron chi connectivity index (χ4n) is 1.34. The van der Waals surface area contributed by atoms with Crippen molar-refractivity contribution in [2.24, 2.45) is 4.99 Å². The molecule has 0 atom stereocenters. The number of hydrogen-bond donors (Lipinski definition) is 0. The van der Waals surface area contributed by atoms with Gasteiger partial charge in [0.1, 0.15) is 23.9 Å². The summed E-state index contributed by atoms with van der Waals surface area (Å²) in [5.74, 6) is 0.903. The van der Waals surface area contributed by atoms with Crippen LogP contribution in [0.25, 0.3) is 11.3 Å². The molecule has 80 valence electrons. The second-order valence-electron chi connectivity index (χ2n) is 3.18. The number of rotatable bonds is 3. The van der Waals surface area contributed by atoms with Gasteiger partial charge in [-0.15, -0.1) is 0 Å². The van der Waals surface area contributed by atoms with Crippen LogP contribution in [-0.4, -0.2) is 6.08 Å². The molecule has 0 aliphatic carbocycles. The lowest BCUT2D eigenvalue weighted by Crippen LogP contribution is -1.76. The molecule has 2 aromatic rings. The van der Waals surface area contributed by atoms with Crippen LogP contribution < -0.4 is 0 Å². The first-order chi connectivity index (χ1) is 7.79. The van der Waals surface area contributed by atoms with E-state index in [1.165, 1.54) is 18.2 Å². The summed E-state index contributed by atoms with van der Waals surface area (Å²) in [7, 11) is 0. The number of halogens is 1.